The minimum atomic E-state index is -2.29. The van der Waals surface area contributed by atoms with Gasteiger partial charge < -0.3 is 77.4 Å². The number of nitrogens with zero attached hydrogens (tertiary/aromatic N) is 8. The fraction of sp³-hybridized carbons (Fsp3) is 0.686. The Morgan fingerprint density at radius 1 is 0.866 bits per heavy atom. The molecule has 4 aromatic rings. The minimum Gasteiger partial charge on any atom is -0.496 e. The first kappa shape index (κ1) is 76.1. The van der Waals surface area contributed by atoms with Crippen molar-refractivity contribution in [1.29, 1.82) is 0 Å². The second-order valence-electron chi connectivity index (χ2n) is 28.5. The molecule has 6 heterocycles. The SMILES string of the molecule is CC[C@]1(O)C[C@H](C)C[C@@](Cc2cc3c(cc2OC)N(C)[C@H]2[C@@](O)(C(=O)NCCC[Si](C)(C)O[Si](C)(C)CSc4ncc(COCCOCCOCCOCCOCCOCCN=[N+]=[N-])cn4)[C@H](O)[C@]4(CC)C=CCN5CC[C@]32[C@@H]54)(C(=O)OC)c2[nH]c3ccccc3c2CCN(C)C1. The van der Waals surface area contributed by atoms with E-state index in [-0.39, 0.29) is 30.9 Å². The molecule has 5 N–H and O–H groups in total. The highest BCUT2D eigenvalue weighted by Gasteiger charge is 2.78. The quantitative estimate of drug-likeness (QED) is 0.00331. The van der Waals surface area contributed by atoms with Crippen molar-refractivity contribution in [3.63, 3.8) is 0 Å². The first-order valence-electron chi connectivity index (χ1n) is 34.8. The van der Waals surface area contributed by atoms with Gasteiger partial charge in [-0.25, -0.2) is 9.97 Å². The van der Waals surface area contributed by atoms with Gasteiger partial charge in [0.25, 0.3) is 5.91 Å². The van der Waals surface area contributed by atoms with Crippen LogP contribution in [0.15, 0.2) is 71.2 Å². The van der Waals surface area contributed by atoms with E-state index in [1.54, 1.807) is 31.3 Å². The highest BCUT2D eigenvalue weighted by atomic mass is 32.2. The number of β-amino-alcohol motifs (C(OH)–C–C–N with tert-alkyl or cyclic N) is 1. The van der Waals surface area contributed by atoms with Crippen LogP contribution in [-0.2, 0) is 77.1 Å². The summed E-state index contributed by atoms with van der Waals surface area (Å²) in [5.74, 6) is -0.553. The van der Waals surface area contributed by atoms with Crippen molar-refractivity contribution in [1.82, 2.24) is 30.1 Å². The monoisotopic (exact) mass is 1400 g/mol. The van der Waals surface area contributed by atoms with Crippen LogP contribution < -0.4 is 15.0 Å². The van der Waals surface area contributed by atoms with Crippen LogP contribution in [0.4, 0.5) is 5.69 Å². The second kappa shape index (κ2) is 33.6. The molecule has 2 aromatic carbocycles. The van der Waals surface area contributed by atoms with E-state index < -0.39 is 62.1 Å². The molecule has 1 saturated heterocycles. The fourth-order valence-corrected chi connectivity index (χ4v) is 27.1. The van der Waals surface area contributed by atoms with Gasteiger partial charge in [0.1, 0.15) is 17.3 Å². The molecule has 1 amide bonds. The zero-order valence-corrected chi connectivity index (χ0v) is 62.0. The number of carbonyl (C=O) groups is 2. The first-order valence-corrected chi connectivity index (χ1v) is 42.0. The normalized spacial score (nSPS) is 26.6. The van der Waals surface area contributed by atoms with Gasteiger partial charge in [-0.3, -0.25) is 14.5 Å². The Kier molecular flexibility index (Phi) is 26.4. The number of para-hydroxylation sites is 1. The Morgan fingerprint density at radius 2 is 1.53 bits per heavy atom. The Morgan fingerprint density at radius 3 is 2.16 bits per heavy atom. The van der Waals surface area contributed by atoms with Crippen LogP contribution in [0.5, 0.6) is 5.75 Å². The molecule has 5 aliphatic rings. The van der Waals surface area contributed by atoms with Gasteiger partial charge >= 0.3 is 5.97 Å². The summed E-state index contributed by atoms with van der Waals surface area (Å²) < 4.78 is 52.7. The number of likely N-dealkylation sites (N-methyl/N-ethyl adjacent to an activating group) is 2. The number of fused-ring (bicyclic) bond motifs is 4. The molecule has 1 spiro atoms. The van der Waals surface area contributed by atoms with E-state index in [1.165, 1.54) is 7.11 Å². The van der Waals surface area contributed by atoms with Crippen LogP contribution in [0.3, 0.4) is 0 Å². The van der Waals surface area contributed by atoms with E-state index in [0.29, 0.717) is 168 Å². The van der Waals surface area contributed by atoms with E-state index in [9.17, 15) is 15.3 Å². The zero-order chi connectivity index (χ0) is 69.7. The standard InChI is InChI=1S/C70H108N10O14SSi2/c1-12-66(84)42-50(3)43-68(64(83)87-7,59-54(20-26-78(4)48-66)53-18-14-15-19-56(53)76-59)44-52-40-55-57(41-58(52)86-6)79(5)61-69(55)22-27-80-25-16-21-67(13-2,60(69)80)62(81)70(61,85)63(82)72-23-17-39-96(8,9)94-97(10,11)49-95-65-73-45-51(46-74-65)47-93-38-37-92-36-35-91-34-33-90-32-31-89-30-29-88-28-24-75-77-71/h14-16,18-19,21,40-41,45-46,50,60-62,76,81,84-85H,12-13,17,20,22-39,42-44,47-49H2,1-11H3,(H,72,82)/t50-,60-,61+,62+,66-,67+,68-,69+,70-/m0/s1. The summed E-state index contributed by atoms with van der Waals surface area (Å²) in [6.45, 7) is 23.4. The van der Waals surface area contributed by atoms with Crippen LogP contribution in [-0.4, -0.2) is 244 Å². The summed E-state index contributed by atoms with van der Waals surface area (Å²) in [6, 6.07) is 12.0. The third-order valence-corrected chi connectivity index (χ3v) is 30.5. The van der Waals surface area contributed by atoms with E-state index in [1.807, 2.05) is 37.1 Å². The number of hydrogen-bond acceptors (Lipinski definition) is 21. The van der Waals surface area contributed by atoms with Gasteiger partial charge in [0.2, 0.25) is 0 Å². The average molecular weight is 1400 g/mol. The molecule has 0 radical (unpaired) electrons. The van der Waals surface area contributed by atoms with Gasteiger partial charge in [0, 0.05) is 113 Å². The minimum absolute atomic E-state index is 0.129. The Hall–Kier alpha value is -5.05. The molecule has 24 nitrogen and oxygen atoms in total. The number of thioether (sulfide) groups is 1. The predicted molar refractivity (Wildman–Crippen MR) is 379 cm³/mol. The number of aromatic amines is 1. The van der Waals surface area contributed by atoms with Gasteiger partial charge in [-0.1, -0.05) is 68.0 Å². The maximum Gasteiger partial charge on any atom is 0.318 e. The lowest BCUT2D eigenvalue weighted by Gasteiger charge is -2.63. The number of aliphatic hydroxyl groups is 3. The fourth-order valence-electron chi connectivity index (χ4n) is 16.8. The van der Waals surface area contributed by atoms with E-state index in [4.69, 9.17) is 47.5 Å². The molecule has 1 aliphatic carbocycles. The molecule has 97 heavy (non-hydrogen) atoms. The molecule has 0 unspecified atom stereocenters. The van der Waals surface area contributed by atoms with Gasteiger partial charge in [0.15, 0.2) is 27.4 Å². The molecule has 27 heteroatoms. The number of nitrogens with one attached hydrogen (secondary N) is 2. The smallest absolute Gasteiger partial charge is 0.318 e. The third kappa shape index (κ3) is 17.0. The summed E-state index contributed by atoms with van der Waals surface area (Å²) in [5.41, 5.74) is 8.07. The molecular weight excluding hydrogens is 1290 g/mol. The number of rotatable bonds is 36. The van der Waals surface area contributed by atoms with Crippen molar-refractivity contribution in [2.75, 3.05) is 151 Å². The Bertz CT molecular complexity index is 3350. The van der Waals surface area contributed by atoms with Crippen LogP contribution in [0.25, 0.3) is 21.3 Å². The van der Waals surface area contributed by atoms with Crippen LogP contribution >= 0.6 is 11.8 Å². The lowest BCUT2D eigenvalue weighted by atomic mass is 9.47. The molecule has 1 saturated carbocycles. The number of azide groups is 1. The van der Waals surface area contributed by atoms with E-state index in [0.717, 1.165) is 56.0 Å². The molecule has 2 fully saturated rings. The summed E-state index contributed by atoms with van der Waals surface area (Å²) in [5, 5.41) is 48.2. The largest absolute Gasteiger partial charge is 0.496 e. The van der Waals surface area contributed by atoms with E-state index >= 15 is 9.59 Å². The van der Waals surface area contributed by atoms with Gasteiger partial charge in [-0.15, -0.1) is 0 Å². The molecular formula is C70H108N10O14SSi2. The molecule has 9 atom stereocenters. The lowest BCUT2D eigenvalue weighted by molar-refractivity contribution is -0.203. The number of H-pyrrole nitrogens is 1. The Balaban J connectivity index is 0.818. The number of ether oxygens (including phenoxy) is 8. The summed E-state index contributed by atoms with van der Waals surface area (Å²) in [6.07, 6.45) is 10.2. The van der Waals surface area contributed by atoms with Crippen molar-refractivity contribution >= 4 is 56.9 Å². The number of anilines is 1. The van der Waals surface area contributed by atoms with Crippen LogP contribution in [0, 0.1) is 11.3 Å². The number of aromatic nitrogens is 3. The molecule has 2 aromatic heterocycles. The van der Waals surface area contributed by atoms with Gasteiger partial charge in [-0.05, 0) is 137 Å². The molecule has 536 valence electrons. The van der Waals surface area contributed by atoms with Crippen molar-refractivity contribution < 1.29 is 66.9 Å². The number of esters is 1. The maximum absolute atomic E-state index is 15.5. The summed E-state index contributed by atoms with van der Waals surface area (Å²) >= 11 is 1.59. The van der Waals surface area contributed by atoms with Crippen molar-refractivity contribution in [2.45, 2.75) is 156 Å². The predicted octanol–water partition coefficient (Wildman–Crippen LogP) is 8.04. The maximum atomic E-state index is 15.5. The number of hydrogen-bond donors (Lipinski definition) is 5. The van der Waals surface area contributed by atoms with Crippen molar-refractivity contribution in [3.8, 4) is 5.75 Å². The third-order valence-electron chi connectivity index (χ3n) is 20.7. The lowest BCUT2D eigenvalue weighted by Crippen LogP contribution is -2.81. The number of amides is 1. The summed E-state index contributed by atoms with van der Waals surface area (Å²) in [7, 11) is 2.55. The van der Waals surface area contributed by atoms with Crippen LogP contribution in [0.1, 0.15) is 87.2 Å². The van der Waals surface area contributed by atoms with Crippen molar-refractivity contribution in [2.24, 2.45) is 16.4 Å². The second-order valence-corrected chi connectivity index (χ2v) is 38.7. The van der Waals surface area contributed by atoms with Gasteiger partial charge in [-0.2, -0.15) is 0 Å². The van der Waals surface area contributed by atoms with Gasteiger partial charge in [0.05, 0.1) is 105 Å². The molecule has 9 rings (SSSR count). The van der Waals surface area contributed by atoms with Crippen LogP contribution in [0.2, 0.25) is 32.2 Å². The highest BCUT2D eigenvalue weighted by molar-refractivity contribution is 8.00. The number of benzene rings is 2. The molecule has 0 bridgehead atoms. The molecule has 4 aliphatic heterocycles. The first-order chi connectivity index (χ1) is 46.5. The van der Waals surface area contributed by atoms with E-state index in [2.05, 4.69) is 118 Å². The number of methoxy groups -OCH3 is 2. The zero-order valence-electron chi connectivity index (χ0n) is 59.2. The highest BCUT2D eigenvalue weighted by Crippen LogP contribution is 2.67. The average Bonchev–Trinajstić information content (AvgIpc) is 1.50. The number of aliphatic hydroxyl groups excluding tert-OH is 1. The number of carbonyl (C=O) groups excluding carboxylic acids is 2. The topological polar surface area (TPSA) is 290 Å². The van der Waals surface area contributed by atoms with Crippen molar-refractivity contribution in [3.05, 3.63) is 99.3 Å². The summed E-state index contributed by atoms with van der Waals surface area (Å²) in [4.78, 5) is 53.2. The Labute approximate surface area is 579 Å².